The molecule has 0 atom stereocenters. The molecule has 36 heavy (non-hydrogen) atoms. The van der Waals surface area contributed by atoms with Gasteiger partial charge in [0.1, 0.15) is 11.6 Å². The zero-order valence-electron chi connectivity index (χ0n) is 19.2. The molecule has 0 unspecified atom stereocenters. The third kappa shape index (κ3) is 3.91. The van der Waals surface area contributed by atoms with Gasteiger partial charge in [-0.2, -0.15) is 13.2 Å². The number of alkyl halides is 3. The summed E-state index contributed by atoms with van der Waals surface area (Å²) in [6, 6.07) is 9.60. The molecule has 0 aliphatic heterocycles. The molecule has 184 valence electrons. The van der Waals surface area contributed by atoms with Crippen molar-refractivity contribution in [3.8, 4) is 28.4 Å². The number of aromatic nitrogens is 6. The molecular weight excluding hydrogens is 497 g/mol. The van der Waals surface area contributed by atoms with Crippen LogP contribution in [-0.2, 0) is 13.2 Å². The number of halogens is 4. The van der Waals surface area contributed by atoms with Crippen LogP contribution >= 0.6 is 11.6 Å². The van der Waals surface area contributed by atoms with E-state index in [0.717, 1.165) is 27.5 Å². The van der Waals surface area contributed by atoms with Crippen LogP contribution < -0.4 is 10.3 Å². The first-order valence-corrected chi connectivity index (χ1v) is 11.0. The molecule has 1 aromatic carbocycles. The highest BCUT2D eigenvalue weighted by atomic mass is 35.5. The lowest BCUT2D eigenvalue weighted by molar-refractivity contribution is -0.141. The van der Waals surface area contributed by atoms with E-state index in [0.29, 0.717) is 27.7 Å². The summed E-state index contributed by atoms with van der Waals surface area (Å²) in [4.78, 5) is 17.6. The van der Waals surface area contributed by atoms with Gasteiger partial charge in [0, 0.05) is 40.8 Å². The lowest BCUT2D eigenvalue weighted by Gasteiger charge is -2.16. The lowest BCUT2D eigenvalue weighted by Crippen LogP contribution is -2.20. The monoisotopic (exact) mass is 514 g/mol. The quantitative estimate of drug-likeness (QED) is 0.339. The second kappa shape index (κ2) is 8.52. The van der Waals surface area contributed by atoms with Crippen LogP contribution in [0, 0.1) is 6.92 Å². The number of nitrogens with zero attached hydrogens (tertiary/aromatic N) is 6. The van der Waals surface area contributed by atoms with E-state index in [2.05, 4.69) is 15.3 Å². The number of hydrogen-bond acceptors (Lipinski definition) is 5. The van der Waals surface area contributed by atoms with E-state index in [-0.39, 0.29) is 11.2 Å². The minimum atomic E-state index is -4.66. The molecule has 5 rings (SSSR count). The number of rotatable bonds is 4. The molecule has 4 aromatic heterocycles. The number of methoxy groups -OCH3 is 1. The van der Waals surface area contributed by atoms with Crippen molar-refractivity contribution < 1.29 is 17.9 Å². The van der Waals surface area contributed by atoms with E-state index in [9.17, 15) is 18.0 Å². The summed E-state index contributed by atoms with van der Waals surface area (Å²) >= 11 is 6.22. The van der Waals surface area contributed by atoms with Crippen molar-refractivity contribution in [2.24, 2.45) is 7.05 Å². The zero-order valence-corrected chi connectivity index (χ0v) is 20.0. The van der Waals surface area contributed by atoms with E-state index in [4.69, 9.17) is 16.3 Å². The van der Waals surface area contributed by atoms with Gasteiger partial charge in [0.05, 0.1) is 36.4 Å². The number of hydrogen-bond donors (Lipinski definition) is 0. The normalized spacial score (nSPS) is 11.9. The van der Waals surface area contributed by atoms with Crippen molar-refractivity contribution in [2.45, 2.75) is 13.1 Å². The fraction of sp³-hybridized carbons (Fsp3) is 0.167. The molecule has 0 radical (unpaired) electrons. The van der Waals surface area contributed by atoms with Gasteiger partial charge in [0.15, 0.2) is 5.69 Å². The van der Waals surface area contributed by atoms with Crippen molar-refractivity contribution in [3.63, 3.8) is 0 Å². The van der Waals surface area contributed by atoms with Crippen molar-refractivity contribution in [2.75, 3.05) is 7.11 Å². The third-order valence-corrected chi connectivity index (χ3v) is 6.10. The molecule has 12 heteroatoms. The SMILES string of the molecule is COc1cn(-c2cc3ccnc(C)c3n2C)c(=O)cc1-c1cc(Cl)ccc1-n1cc(C(F)(F)F)nn1. The standard InChI is InChI=1S/C24H18ClF3N6O2/c1-13-23-14(6-7-29-13)8-21(32(23)2)33-11-19(36-3)17(10-22(33)35)16-9-15(25)4-5-18(16)34-12-20(30-31-34)24(26,27)28/h4-12H,1-3H3. The first-order chi connectivity index (χ1) is 17.1. The van der Waals surface area contributed by atoms with Gasteiger partial charge in [-0.3, -0.25) is 14.3 Å². The Morgan fingerprint density at radius 2 is 1.83 bits per heavy atom. The van der Waals surface area contributed by atoms with Crippen LogP contribution in [0.2, 0.25) is 5.02 Å². The van der Waals surface area contributed by atoms with Crippen molar-refractivity contribution in [1.29, 1.82) is 0 Å². The average Bonchev–Trinajstić information content (AvgIpc) is 3.45. The van der Waals surface area contributed by atoms with Gasteiger partial charge in [0.2, 0.25) is 0 Å². The summed E-state index contributed by atoms with van der Waals surface area (Å²) in [6.45, 7) is 1.88. The van der Waals surface area contributed by atoms with Gasteiger partial charge >= 0.3 is 6.18 Å². The summed E-state index contributed by atoms with van der Waals surface area (Å²) in [5.74, 6) is 0.891. The largest absolute Gasteiger partial charge is 0.495 e. The first-order valence-electron chi connectivity index (χ1n) is 10.6. The Labute approximate surface area is 207 Å². The highest BCUT2D eigenvalue weighted by molar-refractivity contribution is 6.31. The van der Waals surface area contributed by atoms with Gasteiger partial charge in [-0.1, -0.05) is 16.8 Å². The number of benzene rings is 1. The predicted octanol–water partition coefficient (Wildman–Crippen LogP) is 4.96. The van der Waals surface area contributed by atoms with Crippen molar-refractivity contribution in [1.82, 2.24) is 29.1 Å². The van der Waals surface area contributed by atoms with Crippen LogP contribution in [-0.4, -0.2) is 36.2 Å². The van der Waals surface area contributed by atoms with Gasteiger partial charge < -0.3 is 9.30 Å². The highest BCUT2D eigenvalue weighted by Gasteiger charge is 2.34. The molecule has 0 N–H and O–H groups in total. The summed E-state index contributed by atoms with van der Waals surface area (Å²) in [5, 5.41) is 8.08. The molecule has 0 saturated heterocycles. The second-order valence-corrected chi connectivity index (χ2v) is 8.50. The van der Waals surface area contributed by atoms with Gasteiger partial charge in [0.25, 0.3) is 5.56 Å². The Kier molecular flexibility index (Phi) is 5.59. The Morgan fingerprint density at radius 1 is 1.06 bits per heavy atom. The Hall–Kier alpha value is -4.12. The van der Waals surface area contributed by atoms with E-state index < -0.39 is 11.9 Å². The van der Waals surface area contributed by atoms with Crippen LogP contribution in [0.15, 0.2) is 59.8 Å². The third-order valence-electron chi connectivity index (χ3n) is 5.87. The van der Waals surface area contributed by atoms with E-state index in [1.807, 2.05) is 30.7 Å². The predicted molar refractivity (Wildman–Crippen MR) is 128 cm³/mol. The Bertz CT molecular complexity index is 1690. The summed E-state index contributed by atoms with van der Waals surface area (Å²) in [7, 11) is 3.27. The molecule has 0 aliphatic rings. The number of ether oxygens (including phenoxy) is 1. The lowest BCUT2D eigenvalue weighted by atomic mass is 10.0. The molecule has 4 heterocycles. The minimum Gasteiger partial charge on any atom is -0.495 e. The van der Waals surface area contributed by atoms with Crippen LogP contribution in [0.25, 0.3) is 33.5 Å². The zero-order chi connectivity index (χ0) is 25.8. The molecule has 5 aromatic rings. The first kappa shape index (κ1) is 23.6. The fourth-order valence-corrected chi connectivity index (χ4v) is 4.39. The van der Waals surface area contributed by atoms with Crippen LogP contribution in [0.1, 0.15) is 11.4 Å². The van der Waals surface area contributed by atoms with Crippen molar-refractivity contribution >= 4 is 22.5 Å². The van der Waals surface area contributed by atoms with E-state index >= 15 is 0 Å². The molecule has 8 nitrogen and oxygen atoms in total. The number of fused-ring (bicyclic) bond motifs is 1. The van der Waals surface area contributed by atoms with Crippen LogP contribution in [0.4, 0.5) is 13.2 Å². The highest BCUT2D eigenvalue weighted by Crippen LogP contribution is 2.36. The van der Waals surface area contributed by atoms with E-state index in [1.54, 1.807) is 6.20 Å². The van der Waals surface area contributed by atoms with Crippen LogP contribution in [0.3, 0.4) is 0 Å². The molecule has 0 fully saturated rings. The maximum absolute atomic E-state index is 13.3. The van der Waals surface area contributed by atoms with E-state index in [1.165, 1.54) is 42.1 Å². The maximum atomic E-state index is 13.3. The van der Waals surface area contributed by atoms with Gasteiger partial charge in [-0.05, 0) is 37.3 Å². The second-order valence-electron chi connectivity index (χ2n) is 8.07. The van der Waals surface area contributed by atoms with Crippen LogP contribution in [0.5, 0.6) is 5.75 Å². The topological polar surface area (TPSA) is 79.8 Å². The Morgan fingerprint density at radius 3 is 2.50 bits per heavy atom. The fourth-order valence-electron chi connectivity index (χ4n) is 4.21. The Balaban J connectivity index is 1.70. The number of pyridine rings is 2. The average molecular weight is 515 g/mol. The van der Waals surface area contributed by atoms with Crippen molar-refractivity contribution in [3.05, 3.63) is 81.8 Å². The molecule has 0 aliphatic carbocycles. The summed E-state index contributed by atoms with van der Waals surface area (Å²) in [5.41, 5.74) is 1.08. The smallest absolute Gasteiger partial charge is 0.436 e. The molecular formula is C24H18ClF3N6O2. The molecule has 0 saturated carbocycles. The van der Waals surface area contributed by atoms with Gasteiger partial charge in [-0.25, -0.2) is 4.68 Å². The maximum Gasteiger partial charge on any atom is 0.436 e. The molecule has 0 amide bonds. The summed E-state index contributed by atoms with van der Waals surface area (Å²) < 4.78 is 49.2. The number of aryl methyl sites for hydroxylation is 2. The summed E-state index contributed by atoms with van der Waals surface area (Å²) in [6.07, 6.45) is -0.660. The molecule has 0 bridgehead atoms. The van der Waals surface area contributed by atoms with Gasteiger partial charge in [-0.15, -0.1) is 5.10 Å². The minimum absolute atomic E-state index is 0.240. The molecule has 0 spiro atoms.